The van der Waals surface area contributed by atoms with E-state index < -0.39 is 0 Å². The first-order valence-corrected chi connectivity index (χ1v) is 7.72. The Hall–Kier alpha value is -1.46. The predicted molar refractivity (Wildman–Crippen MR) is 84.3 cm³/mol. The van der Waals surface area contributed by atoms with Gasteiger partial charge in [0.25, 0.3) is 0 Å². The van der Waals surface area contributed by atoms with Crippen LogP contribution >= 0.6 is 28.1 Å². The number of halogens is 1. The molecular weight excluding hydrogens is 336 g/mol. The van der Waals surface area contributed by atoms with Crippen LogP contribution in [0.3, 0.4) is 0 Å². The molecule has 0 fully saturated rings. The first-order valence-electron chi connectivity index (χ1n) is 6.51. The molecule has 0 aliphatic carbocycles. The van der Waals surface area contributed by atoms with Crippen LogP contribution in [0.1, 0.15) is 12.2 Å². The molecule has 20 heavy (non-hydrogen) atoms. The van der Waals surface area contributed by atoms with E-state index >= 15 is 0 Å². The third kappa shape index (κ3) is 1.84. The lowest BCUT2D eigenvalue weighted by Crippen LogP contribution is -2.00. The van der Waals surface area contributed by atoms with Crippen LogP contribution in [0.15, 0.2) is 39.2 Å². The molecule has 3 aromatic rings. The molecule has 3 nitrogen and oxygen atoms in total. The minimum Gasteiger partial charge on any atom is -0.438 e. The van der Waals surface area contributed by atoms with Gasteiger partial charge >= 0.3 is 0 Å². The molecule has 3 heterocycles. The Balaban J connectivity index is 1.94. The van der Waals surface area contributed by atoms with E-state index in [1.807, 2.05) is 30.3 Å². The molecule has 0 bridgehead atoms. The zero-order valence-corrected chi connectivity index (χ0v) is 13.0. The molecule has 0 radical (unpaired) electrons. The third-order valence-electron chi connectivity index (χ3n) is 3.64. The number of hydrogen-bond donors (Lipinski definition) is 0. The second-order valence-corrected chi connectivity index (χ2v) is 6.23. The van der Waals surface area contributed by atoms with Crippen LogP contribution in [-0.4, -0.2) is 9.55 Å². The molecule has 1 aromatic carbocycles. The van der Waals surface area contributed by atoms with E-state index in [1.165, 1.54) is 0 Å². The monoisotopic (exact) mass is 346 g/mol. The summed E-state index contributed by atoms with van der Waals surface area (Å²) in [7, 11) is 0. The standard InChI is InChI=1S/C15H11BrN2OS/c16-10-5-3-9(4-6-10)12-8-11-14(19-12)17-13-2-1-7-18(13)15(11)20/h3-6,8H,1-2,7H2. The normalized spacial score (nSPS) is 13.8. The van der Waals surface area contributed by atoms with E-state index in [4.69, 9.17) is 16.6 Å². The zero-order valence-electron chi connectivity index (χ0n) is 10.6. The van der Waals surface area contributed by atoms with E-state index in [1.54, 1.807) is 0 Å². The van der Waals surface area contributed by atoms with Crippen molar-refractivity contribution in [1.82, 2.24) is 9.55 Å². The Morgan fingerprint density at radius 1 is 1.25 bits per heavy atom. The van der Waals surface area contributed by atoms with Gasteiger partial charge in [0.2, 0.25) is 5.71 Å². The number of rotatable bonds is 1. The van der Waals surface area contributed by atoms with Crippen LogP contribution in [0.4, 0.5) is 0 Å². The minimum absolute atomic E-state index is 0.654. The summed E-state index contributed by atoms with van der Waals surface area (Å²) >= 11 is 9.00. The highest BCUT2D eigenvalue weighted by Crippen LogP contribution is 2.30. The maximum atomic E-state index is 5.89. The summed E-state index contributed by atoms with van der Waals surface area (Å²) in [5, 5.41) is 0.934. The SMILES string of the molecule is S=c1c2cc(-c3ccc(Br)cc3)oc2nc2n1CCC2. The highest BCUT2D eigenvalue weighted by molar-refractivity contribution is 9.10. The molecule has 0 saturated carbocycles. The molecule has 0 amide bonds. The molecule has 0 saturated heterocycles. The van der Waals surface area contributed by atoms with Crippen LogP contribution in [0.25, 0.3) is 22.4 Å². The summed E-state index contributed by atoms with van der Waals surface area (Å²) in [5.74, 6) is 1.86. The smallest absolute Gasteiger partial charge is 0.231 e. The van der Waals surface area contributed by atoms with Gasteiger partial charge in [0.05, 0.1) is 5.39 Å². The lowest BCUT2D eigenvalue weighted by Gasteiger charge is -2.02. The van der Waals surface area contributed by atoms with Crippen LogP contribution < -0.4 is 0 Å². The van der Waals surface area contributed by atoms with Gasteiger partial charge in [-0.15, -0.1) is 0 Å². The minimum atomic E-state index is 0.654. The average molecular weight is 347 g/mol. The first-order chi connectivity index (χ1) is 9.72. The second-order valence-electron chi connectivity index (χ2n) is 4.92. The maximum Gasteiger partial charge on any atom is 0.231 e. The van der Waals surface area contributed by atoms with Crippen molar-refractivity contribution < 1.29 is 4.42 Å². The van der Waals surface area contributed by atoms with Gasteiger partial charge in [0, 0.05) is 23.0 Å². The Labute approximate surface area is 129 Å². The lowest BCUT2D eigenvalue weighted by molar-refractivity contribution is 0.612. The summed E-state index contributed by atoms with van der Waals surface area (Å²) in [6.07, 6.45) is 2.09. The van der Waals surface area contributed by atoms with Gasteiger partial charge in [0.1, 0.15) is 16.2 Å². The molecule has 2 aromatic heterocycles. The molecule has 0 N–H and O–H groups in total. The van der Waals surface area contributed by atoms with Crippen molar-refractivity contribution in [2.45, 2.75) is 19.4 Å². The van der Waals surface area contributed by atoms with E-state index in [0.29, 0.717) is 5.71 Å². The number of fused-ring (bicyclic) bond motifs is 2. The maximum absolute atomic E-state index is 5.89. The summed E-state index contributed by atoms with van der Waals surface area (Å²) < 4.78 is 9.91. The van der Waals surface area contributed by atoms with Crippen molar-refractivity contribution in [2.24, 2.45) is 0 Å². The molecule has 100 valence electrons. The van der Waals surface area contributed by atoms with Gasteiger partial charge in [-0.1, -0.05) is 40.3 Å². The zero-order chi connectivity index (χ0) is 13.7. The molecule has 0 spiro atoms. The van der Waals surface area contributed by atoms with E-state index in [9.17, 15) is 0 Å². The Kier molecular flexibility index (Phi) is 2.79. The van der Waals surface area contributed by atoms with E-state index in [-0.39, 0.29) is 0 Å². The van der Waals surface area contributed by atoms with Crippen LogP contribution in [0.2, 0.25) is 0 Å². The van der Waals surface area contributed by atoms with Crippen molar-refractivity contribution in [3.63, 3.8) is 0 Å². The highest BCUT2D eigenvalue weighted by Gasteiger charge is 2.17. The van der Waals surface area contributed by atoms with Gasteiger partial charge in [0.15, 0.2) is 0 Å². The molecule has 4 rings (SSSR count). The molecular formula is C15H11BrN2OS. The summed E-state index contributed by atoms with van der Waals surface area (Å²) in [6.45, 7) is 0.968. The van der Waals surface area contributed by atoms with Gasteiger partial charge in [-0.25, -0.2) is 0 Å². The van der Waals surface area contributed by atoms with Gasteiger partial charge in [-0.2, -0.15) is 4.98 Å². The van der Waals surface area contributed by atoms with E-state index in [0.717, 1.165) is 51.0 Å². The number of aryl methyl sites for hydroxylation is 1. The fraction of sp³-hybridized carbons (Fsp3) is 0.200. The fourth-order valence-corrected chi connectivity index (χ4v) is 3.24. The first kappa shape index (κ1) is 12.3. The van der Waals surface area contributed by atoms with Crippen molar-refractivity contribution in [2.75, 3.05) is 0 Å². The Bertz CT molecular complexity index is 864. The number of furan rings is 1. The topological polar surface area (TPSA) is 31.0 Å². The van der Waals surface area contributed by atoms with Crippen LogP contribution in [0.5, 0.6) is 0 Å². The number of hydrogen-bond acceptors (Lipinski definition) is 3. The summed E-state index contributed by atoms with van der Waals surface area (Å²) in [5.41, 5.74) is 1.69. The number of nitrogens with zero attached hydrogens (tertiary/aromatic N) is 2. The van der Waals surface area contributed by atoms with Crippen molar-refractivity contribution in [1.29, 1.82) is 0 Å². The van der Waals surface area contributed by atoms with E-state index in [2.05, 4.69) is 25.5 Å². The summed E-state index contributed by atoms with van der Waals surface area (Å²) in [4.78, 5) is 4.60. The summed E-state index contributed by atoms with van der Waals surface area (Å²) in [6, 6.07) is 10.0. The van der Waals surface area contributed by atoms with Gasteiger partial charge < -0.3 is 8.98 Å². The average Bonchev–Trinajstić information content (AvgIpc) is 3.06. The predicted octanol–water partition coefficient (Wildman–Crippen LogP) is 4.73. The van der Waals surface area contributed by atoms with Crippen molar-refractivity contribution in [3.05, 3.63) is 45.3 Å². The molecule has 5 heteroatoms. The van der Waals surface area contributed by atoms with Gasteiger partial charge in [-0.3, -0.25) is 0 Å². The quantitative estimate of drug-likeness (QED) is 0.596. The lowest BCUT2D eigenvalue weighted by atomic mass is 10.2. The molecule has 1 aliphatic heterocycles. The van der Waals surface area contributed by atoms with Gasteiger partial charge in [-0.05, 0) is 24.6 Å². The van der Waals surface area contributed by atoms with Crippen LogP contribution in [-0.2, 0) is 13.0 Å². The molecule has 1 aliphatic rings. The largest absolute Gasteiger partial charge is 0.438 e. The fourth-order valence-electron chi connectivity index (χ4n) is 2.63. The van der Waals surface area contributed by atoms with Crippen molar-refractivity contribution in [3.8, 4) is 11.3 Å². The molecule has 0 atom stereocenters. The molecule has 0 unspecified atom stereocenters. The third-order valence-corrected chi connectivity index (χ3v) is 4.61. The second kappa shape index (κ2) is 4.53. The highest BCUT2D eigenvalue weighted by atomic mass is 79.9. The Morgan fingerprint density at radius 2 is 2.05 bits per heavy atom. The number of aromatic nitrogens is 2. The number of benzene rings is 1. The van der Waals surface area contributed by atoms with Crippen LogP contribution in [0, 0.1) is 4.64 Å². The Morgan fingerprint density at radius 3 is 2.85 bits per heavy atom. The van der Waals surface area contributed by atoms with Crippen molar-refractivity contribution >= 4 is 39.2 Å².